The highest BCUT2D eigenvalue weighted by atomic mass is 19.3. The quantitative estimate of drug-likeness (QED) is 0.672. The number of hydrogen-bond donors (Lipinski definition) is 2. The van der Waals surface area contributed by atoms with E-state index in [1.165, 1.54) is 6.92 Å². The van der Waals surface area contributed by atoms with Crippen molar-refractivity contribution < 1.29 is 8.78 Å². The Labute approximate surface area is 67.2 Å². The van der Waals surface area contributed by atoms with Crippen LogP contribution in [0.15, 0.2) is 10.9 Å². The van der Waals surface area contributed by atoms with Gasteiger partial charge in [0.25, 0.3) is 6.43 Å². The Bertz CT molecular complexity index is 319. The summed E-state index contributed by atoms with van der Waals surface area (Å²) in [5.41, 5.74) is 4.42. The standard InChI is InChI=1S/C7H8F2N2O/c1-3-6(7(8)9)4(10)2-5(12)11-3/h2,7H,1H3,(H3,10,11,12). The number of anilines is 1. The van der Waals surface area contributed by atoms with E-state index in [0.29, 0.717) is 0 Å². The third kappa shape index (κ3) is 1.44. The van der Waals surface area contributed by atoms with Gasteiger partial charge in [-0.25, -0.2) is 8.78 Å². The number of halogens is 2. The van der Waals surface area contributed by atoms with Gasteiger partial charge in [-0.3, -0.25) is 4.79 Å². The number of alkyl halides is 2. The summed E-state index contributed by atoms with van der Waals surface area (Å²) in [4.78, 5) is 13.0. The van der Waals surface area contributed by atoms with Crippen molar-refractivity contribution in [3.8, 4) is 0 Å². The van der Waals surface area contributed by atoms with Crippen LogP contribution in [0.2, 0.25) is 0 Å². The number of rotatable bonds is 1. The number of nitrogens with two attached hydrogens (primary N) is 1. The molecule has 1 aromatic rings. The maximum Gasteiger partial charge on any atom is 0.267 e. The molecule has 3 nitrogen and oxygen atoms in total. The van der Waals surface area contributed by atoms with Gasteiger partial charge < -0.3 is 10.7 Å². The van der Waals surface area contributed by atoms with Crippen molar-refractivity contribution in [1.82, 2.24) is 4.98 Å². The molecule has 66 valence electrons. The maximum absolute atomic E-state index is 12.2. The Morgan fingerprint density at radius 3 is 2.58 bits per heavy atom. The smallest absolute Gasteiger partial charge is 0.267 e. The molecule has 0 bridgehead atoms. The summed E-state index contributed by atoms with van der Waals surface area (Å²) >= 11 is 0. The van der Waals surface area contributed by atoms with E-state index in [2.05, 4.69) is 4.98 Å². The van der Waals surface area contributed by atoms with Gasteiger partial charge in [0.15, 0.2) is 0 Å². The van der Waals surface area contributed by atoms with Gasteiger partial charge in [0.05, 0.1) is 5.56 Å². The van der Waals surface area contributed by atoms with Crippen LogP contribution in [0, 0.1) is 6.92 Å². The number of aromatic nitrogens is 1. The Morgan fingerprint density at radius 2 is 2.17 bits per heavy atom. The van der Waals surface area contributed by atoms with E-state index in [0.717, 1.165) is 6.07 Å². The predicted octanol–water partition coefficient (Wildman–Crippen LogP) is 1.20. The van der Waals surface area contributed by atoms with Crippen molar-refractivity contribution in [2.45, 2.75) is 13.3 Å². The topological polar surface area (TPSA) is 58.9 Å². The van der Waals surface area contributed by atoms with E-state index >= 15 is 0 Å². The zero-order valence-electron chi connectivity index (χ0n) is 6.40. The molecule has 0 aliphatic heterocycles. The average molecular weight is 174 g/mol. The van der Waals surface area contributed by atoms with Crippen LogP contribution in [0.5, 0.6) is 0 Å². The van der Waals surface area contributed by atoms with Gasteiger partial charge in [-0.15, -0.1) is 0 Å². The number of pyridine rings is 1. The zero-order valence-corrected chi connectivity index (χ0v) is 6.40. The number of hydrogen-bond acceptors (Lipinski definition) is 2. The first-order chi connectivity index (χ1) is 5.52. The van der Waals surface area contributed by atoms with Crippen LogP contribution in [-0.2, 0) is 0 Å². The molecule has 1 heterocycles. The highest BCUT2D eigenvalue weighted by Gasteiger charge is 2.14. The average Bonchev–Trinajstić information content (AvgIpc) is 1.82. The second-order valence-electron chi connectivity index (χ2n) is 2.43. The fourth-order valence-electron chi connectivity index (χ4n) is 1.01. The highest BCUT2D eigenvalue weighted by molar-refractivity contribution is 5.48. The molecule has 0 saturated heterocycles. The third-order valence-corrected chi connectivity index (χ3v) is 1.53. The van der Waals surface area contributed by atoms with Gasteiger partial charge in [0.2, 0.25) is 5.56 Å². The molecule has 0 atom stereocenters. The molecule has 0 aliphatic rings. The Morgan fingerprint density at radius 1 is 1.58 bits per heavy atom. The zero-order chi connectivity index (χ0) is 9.30. The molecular formula is C7H8F2N2O. The fraction of sp³-hybridized carbons (Fsp3) is 0.286. The minimum atomic E-state index is -2.65. The van der Waals surface area contributed by atoms with Gasteiger partial charge >= 0.3 is 0 Å². The lowest BCUT2D eigenvalue weighted by Crippen LogP contribution is -2.11. The largest absolute Gasteiger partial charge is 0.398 e. The molecule has 3 N–H and O–H groups in total. The molecule has 0 aliphatic carbocycles. The van der Waals surface area contributed by atoms with Crippen LogP contribution in [0.1, 0.15) is 17.7 Å². The van der Waals surface area contributed by atoms with E-state index in [4.69, 9.17) is 5.73 Å². The van der Waals surface area contributed by atoms with Gasteiger partial charge in [-0.1, -0.05) is 0 Å². The lowest BCUT2D eigenvalue weighted by molar-refractivity contribution is 0.151. The van der Waals surface area contributed by atoms with Crippen molar-refractivity contribution in [2.24, 2.45) is 0 Å². The first kappa shape index (κ1) is 8.70. The Kier molecular flexibility index (Phi) is 2.12. The van der Waals surface area contributed by atoms with E-state index in [-0.39, 0.29) is 16.9 Å². The highest BCUT2D eigenvalue weighted by Crippen LogP contribution is 2.25. The molecule has 5 heteroatoms. The Balaban J connectivity index is 3.38. The summed E-state index contributed by atoms with van der Waals surface area (Å²) in [6.45, 7) is 1.39. The van der Waals surface area contributed by atoms with Crippen LogP contribution in [0.25, 0.3) is 0 Å². The number of H-pyrrole nitrogens is 1. The van der Waals surface area contributed by atoms with Gasteiger partial charge in [0, 0.05) is 17.4 Å². The minimum Gasteiger partial charge on any atom is -0.398 e. The molecule has 0 amide bonds. The van der Waals surface area contributed by atoms with Gasteiger partial charge in [-0.2, -0.15) is 0 Å². The SMILES string of the molecule is Cc1[nH]c(=O)cc(N)c1C(F)F. The number of aryl methyl sites for hydroxylation is 1. The molecule has 1 rings (SSSR count). The van der Waals surface area contributed by atoms with Crippen molar-refractivity contribution in [3.63, 3.8) is 0 Å². The van der Waals surface area contributed by atoms with Crippen LogP contribution < -0.4 is 11.3 Å². The van der Waals surface area contributed by atoms with Crippen molar-refractivity contribution >= 4 is 5.69 Å². The fourth-order valence-corrected chi connectivity index (χ4v) is 1.01. The van der Waals surface area contributed by atoms with Crippen molar-refractivity contribution in [3.05, 3.63) is 27.7 Å². The molecule has 0 radical (unpaired) electrons. The summed E-state index contributed by atoms with van der Waals surface area (Å²) in [5.74, 6) is 0. The number of nitrogen functional groups attached to an aromatic ring is 1. The molecule has 0 saturated carbocycles. The summed E-state index contributed by atoms with van der Waals surface area (Å²) in [7, 11) is 0. The molecule has 0 fully saturated rings. The maximum atomic E-state index is 12.2. The van der Waals surface area contributed by atoms with Crippen LogP contribution in [0.4, 0.5) is 14.5 Å². The molecule has 12 heavy (non-hydrogen) atoms. The van der Waals surface area contributed by atoms with E-state index in [1.807, 2.05) is 0 Å². The molecule has 0 unspecified atom stereocenters. The summed E-state index contributed by atoms with van der Waals surface area (Å²) in [5, 5.41) is 0. The number of nitrogens with one attached hydrogen (secondary N) is 1. The summed E-state index contributed by atoms with van der Waals surface area (Å²) in [6.07, 6.45) is -2.65. The third-order valence-electron chi connectivity index (χ3n) is 1.53. The first-order valence-electron chi connectivity index (χ1n) is 3.30. The number of aromatic amines is 1. The van der Waals surface area contributed by atoms with E-state index < -0.39 is 12.0 Å². The second kappa shape index (κ2) is 2.92. The lowest BCUT2D eigenvalue weighted by atomic mass is 10.2. The lowest BCUT2D eigenvalue weighted by Gasteiger charge is -2.06. The van der Waals surface area contributed by atoms with Crippen molar-refractivity contribution in [1.29, 1.82) is 0 Å². The molecule has 0 aromatic carbocycles. The monoisotopic (exact) mass is 174 g/mol. The van der Waals surface area contributed by atoms with E-state index in [1.54, 1.807) is 0 Å². The van der Waals surface area contributed by atoms with Crippen molar-refractivity contribution in [2.75, 3.05) is 5.73 Å². The first-order valence-corrected chi connectivity index (χ1v) is 3.30. The van der Waals surface area contributed by atoms with Crippen LogP contribution in [0.3, 0.4) is 0 Å². The summed E-state index contributed by atoms with van der Waals surface area (Å²) < 4.78 is 24.4. The molecular weight excluding hydrogens is 166 g/mol. The predicted molar refractivity (Wildman–Crippen MR) is 41.2 cm³/mol. The van der Waals surface area contributed by atoms with Crippen LogP contribution in [-0.4, -0.2) is 4.98 Å². The minimum absolute atomic E-state index is 0.120. The molecule has 1 aromatic heterocycles. The molecule has 0 spiro atoms. The van der Waals surface area contributed by atoms with E-state index in [9.17, 15) is 13.6 Å². The Hall–Kier alpha value is -1.39. The van der Waals surface area contributed by atoms with Gasteiger partial charge in [0.1, 0.15) is 0 Å². The van der Waals surface area contributed by atoms with Crippen LogP contribution >= 0.6 is 0 Å². The normalized spacial score (nSPS) is 10.7. The second-order valence-corrected chi connectivity index (χ2v) is 2.43. The summed E-state index contributed by atoms with van der Waals surface area (Å²) in [6, 6.07) is 0.953. The van der Waals surface area contributed by atoms with Gasteiger partial charge in [-0.05, 0) is 6.92 Å².